The van der Waals surface area contributed by atoms with E-state index in [0.717, 1.165) is 65.5 Å². The molecular formula is C41H39ClF3N3O2S3. The van der Waals surface area contributed by atoms with Gasteiger partial charge in [0.1, 0.15) is 0 Å². The maximum Gasteiger partial charge on any atom is 0.475 e. The molecule has 5 aromatic rings. The molecule has 1 saturated heterocycles. The van der Waals surface area contributed by atoms with Crippen LogP contribution in [-0.4, -0.2) is 40.5 Å². The molecule has 276 valence electrons. The number of thioether (sulfide) groups is 1. The summed E-state index contributed by atoms with van der Waals surface area (Å²) in [4.78, 5) is 16.4. The van der Waals surface area contributed by atoms with Gasteiger partial charge in [0.25, 0.3) is 5.91 Å². The number of nitrogens with zero attached hydrogens (tertiary/aromatic N) is 1. The molecule has 12 heteroatoms. The first-order valence-corrected chi connectivity index (χ1v) is 20.6. The molecule has 0 radical (unpaired) electrons. The number of piperidine rings is 1. The van der Waals surface area contributed by atoms with Gasteiger partial charge in [-0.2, -0.15) is 13.2 Å². The predicted molar refractivity (Wildman–Crippen MR) is 214 cm³/mol. The highest BCUT2D eigenvalue weighted by Gasteiger charge is 2.39. The molecule has 2 atom stereocenters. The minimum atomic E-state index is -4.94. The van der Waals surface area contributed by atoms with Crippen molar-refractivity contribution in [1.29, 1.82) is 0 Å². The maximum atomic E-state index is 13.6. The Morgan fingerprint density at radius 1 is 0.887 bits per heavy atom. The van der Waals surface area contributed by atoms with E-state index in [9.17, 15) is 22.2 Å². The fourth-order valence-electron chi connectivity index (χ4n) is 6.31. The molecule has 1 aliphatic heterocycles. The minimum absolute atomic E-state index is 0.139. The van der Waals surface area contributed by atoms with Crippen LogP contribution in [0.5, 0.6) is 0 Å². The van der Waals surface area contributed by atoms with Gasteiger partial charge in [-0.3, -0.25) is 9.52 Å². The molecule has 1 fully saturated rings. The number of hydrogen-bond donors (Lipinski definition) is 2. The van der Waals surface area contributed by atoms with Gasteiger partial charge in [-0.25, -0.2) is 4.21 Å². The van der Waals surface area contributed by atoms with Crippen LogP contribution in [0.4, 0.5) is 24.5 Å². The van der Waals surface area contributed by atoms with Crippen molar-refractivity contribution < 1.29 is 22.2 Å². The van der Waals surface area contributed by atoms with Crippen molar-refractivity contribution in [2.24, 2.45) is 5.92 Å². The molecule has 2 unspecified atom stereocenters. The Morgan fingerprint density at radius 3 is 2.26 bits per heavy atom. The highest BCUT2D eigenvalue weighted by molar-refractivity contribution is 7.99. The van der Waals surface area contributed by atoms with Gasteiger partial charge in [0, 0.05) is 50.9 Å². The first-order chi connectivity index (χ1) is 25.5. The standard InChI is InChI=1S/C41H39ClF3N3O2S3/c1-28(27-51-35-8-3-2-4-9-35)46-38-20-19-36(26-39(38)53(50)41(43,44)45)52-47-40(49)31-13-17-34(18-14-31)48-23-21-29(22-24-48)25-32-7-5-6-10-37(32)30-11-15-33(42)16-12-30/h2-20,26,28-29,46H,21-25,27H2,1H3,(H,47,49). The Kier molecular flexibility index (Phi) is 13.1. The Hall–Kier alpha value is -3.90. The number of alkyl halides is 3. The quantitative estimate of drug-likeness (QED) is 0.0914. The van der Waals surface area contributed by atoms with Crippen molar-refractivity contribution in [2.45, 2.75) is 52.4 Å². The van der Waals surface area contributed by atoms with E-state index in [-0.39, 0.29) is 22.5 Å². The summed E-state index contributed by atoms with van der Waals surface area (Å²) in [6.07, 6.45) is 3.10. The molecule has 6 rings (SSSR count). The number of halogens is 4. The van der Waals surface area contributed by atoms with E-state index < -0.39 is 16.3 Å². The molecule has 0 saturated carbocycles. The second-order valence-corrected chi connectivity index (χ2v) is 16.8. The molecule has 0 aromatic heterocycles. The van der Waals surface area contributed by atoms with Crippen LogP contribution in [0, 0.1) is 5.92 Å². The van der Waals surface area contributed by atoms with Crippen molar-refractivity contribution in [3.05, 3.63) is 137 Å². The SMILES string of the molecule is CC(CSc1ccccc1)Nc1ccc(SNC(=O)c2ccc(N3CCC(Cc4ccccc4-c4ccc(Cl)cc4)CC3)cc2)cc1S(=O)C(F)(F)F. The van der Waals surface area contributed by atoms with Crippen molar-refractivity contribution >= 4 is 63.4 Å². The number of carbonyl (C=O) groups excluding carboxylic acids is 1. The number of amides is 1. The number of rotatable bonds is 13. The molecule has 0 aliphatic carbocycles. The summed E-state index contributed by atoms with van der Waals surface area (Å²) in [5.41, 5.74) is 0.402. The van der Waals surface area contributed by atoms with Crippen LogP contribution in [0.25, 0.3) is 11.1 Å². The van der Waals surface area contributed by atoms with Crippen molar-refractivity contribution in [1.82, 2.24) is 4.72 Å². The summed E-state index contributed by atoms with van der Waals surface area (Å²) in [6, 6.07) is 37.7. The van der Waals surface area contributed by atoms with Crippen molar-refractivity contribution in [3.8, 4) is 11.1 Å². The van der Waals surface area contributed by atoms with Gasteiger partial charge in [0.15, 0.2) is 10.8 Å². The van der Waals surface area contributed by atoms with Crippen molar-refractivity contribution in [3.63, 3.8) is 0 Å². The van der Waals surface area contributed by atoms with Crippen LogP contribution in [0.1, 0.15) is 35.7 Å². The molecule has 0 bridgehead atoms. The highest BCUT2D eigenvalue weighted by atomic mass is 35.5. The van der Waals surface area contributed by atoms with E-state index in [2.05, 4.69) is 51.3 Å². The monoisotopic (exact) mass is 793 g/mol. The van der Waals surface area contributed by atoms with Crippen LogP contribution in [0.2, 0.25) is 5.02 Å². The summed E-state index contributed by atoms with van der Waals surface area (Å²) in [7, 11) is -3.26. The highest BCUT2D eigenvalue weighted by Crippen LogP contribution is 2.35. The number of hydrogen-bond acceptors (Lipinski definition) is 6. The zero-order valence-corrected chi connectivity index (χ0v) is 32.2. The molecule has 5 aromatic carbocycles. The van der Waals surface area contributed by atoms with E-state index in [4.69, 9.17) is 11.6 Å². The summed E-state index contributed by atoms with van der Waals surface area (Å²) < 4.78 is 56.1. The lowest BCUT2D eigenvalue weighted by Gasteiger charge is -2.34. The smallest absolute Gasteiger partial charge is 0.381 e. The van der Waals surface area contributed by atoms with Crippen LogP contribution in [-0.2, 0) is 17.2 Å². The van der Waals surface area contributed by atoms with E-state index in [0.29, 0.717) is 22.1 Å². The third-order valence-corrected chi connectivity index (χ3v) is 12.5. The predicted octanol–water partition coefficient (Wildman–Crippen LogP) is 11.1. The van der Waals surface area contributed by atoms with Gasteiger partial charge < -0.3 is 10.2 Å². The Labute approximate surface area is 324 Å². The van der Waals surface area contributed by atoms with Crippen molar-refractivity contribution in [2.75, 3.05) is 29.1 Å². The first kappa shape index (κ1) is 38.8. The van der Waals surface area contributed by atoms with E-state index in [1.165, 1.54) is 23.3 Å². The first-order valence-electron chi connectivity index (χ1n) is 17.3. The lowest BCUT2D eigenvalue weighted by molar-refractivity contribution is -0.0384. The van der Waals surface area contributed by atoms with Crippen LogP contribution in [0.3, 0.4) is 0 Å². The fraction of sp³-hybridized carbons (Fsp3) is 0.244. The largest absolute Gasteiger partial charge is 0.475 e. The molecule has 5 nitrogen and oxygen atoms in total. The average molecular weight is 794 g/mol. The summed E-state index contributed by atoms with van der Waals surface area (Å²) in [6.45, 7) is 3.68. The zero-order chi connectivity index (χ0) is 37.4. The Bertz CT molecular complexity index is 2010. The minimum Gasteiger partial charge on any atom is -0.381 e. The molecular weight excluding hydrogens is 755 g/mol. The van der Waals surface area contributed by atoms with Gasteiger partial charge in [-0.05, 0) is 127 Å². The lowest BCUT2D eigenvalue weighted by Crippen LogP contribution is -2.34. The Morgan fingerprint density at radius 2 is 1.57 bits per heavy atom. The van der Waals surface area contributed by atoms with Gasteiger partial charge in [-0.1, -0.05) is 66.2 Å². The van der Waals surface area contributed by atoms with Crippen LogP contribution >= 0.6 is 35.3 Å². The fourth-order valence-corrected chi connectivity index (χ4v) is 8.84. The second-order valence-electron chi connectivity index (χ2n) is 12.9. The normalized spacial score (nSPS) is 14.8. The van der Waals surface area contributed by atoms with Gasteiger partial charge in [0.05, 0.1) is 10.6 Å². The zero-order valence-electron chi connectivity index (χ0n) is 28.9. The number of carbonyl (C=O) groups is 1. The number of nitrogens with one attached hydrogen (secondary N) is 2. The number of benzene rings is 5. The van der Waals surface area contributed by atoms with E-state index >= 15 is 0 Å². The third kappa shape index (κ3) is 10.6. The van der Waals surface area contributed by atoms with Crippen LogP contribution in [0.15, 0.2) is 136 Å². The maximum absolute atomic E-state index is 13.6. The molecule has 1 heterocycles. The summed E-state index contributed by atoms with van der Waals surface area (Å²) in [5.74, 6) is 0.765. The summed E-state index contributed by atoms with van der Waals surface area (Å²) >= 11 is 8.57. The third-order valence-electron chi connectivity index (χ3n) is 9.06. The van der Waals surface area contributed by atoms with Gasteiger partial charge >= 0.3 is 5.51 Å². The Balaban J connectivity index is 1.02. The second kappa shape index (κ2) is 18.0. The molecule has 2 N–H and O–H groups in total. The van der Waals surface area contributed by atoms with Crippen LogP contribution < -0.4 is 14.9 Å². The molecule has 1 aliphatic rings. The van der Waals surface area contributed by atoms with Gasteiger partial charge in [-0.15, -0.1) is 11.8 Å². The number of anilines is 2. The topological polar surface area (TPSA) is 61.4 Å². The molecule has 0 spiro atoms. The molecule has 1 amide bonds. The molecule has 53 heavy (non-hydrogen) atoms. The van der Waals surface area contributed by atoms with Gasteiger partial charge in [0.2, 0.25) is 0 Å². The van der Waals surface area contributed by atoms with E-state index in [1.807, 2.05) is 61.5 Å². The lowest BCUT2D eigenvalue weighted by atomic mass is 9.87. The average Bonchev–Trinajstić information content (AvgIpc) is 3.17. The van der Waals surface area contributed by atoms with E-state index in [1.54, 1.807) is 30.0 Å². The summed E-state index contributed by atoms with van der Waals surface area (Å²) in [5, 5.41) is 3.81.